The highest BCUT2D eigenvalue weighted by molar-refractivity contribution is 7.98. The zero-order valence-electron chi connectivity index (χ0n) is 14.3. The SMILES string of the molecule is O=c1cc2c(nn1CC1CN(Cc3cn[nH]c3C3CC3)C1)CCSC2. The molecule has 1 aliphatic carbocycles. The van der Waals surface area contributed by atoms with Gasteiger partial charge in [0.1, 0.15) is 0 Å². The van der Waals surface area contributed by atoms with Crippen LogP contribution in [0.1, 0.15) is 41.3 Å². The van der Waals surface area contributed by atoms with E-state index in [0.717, 1.165) is 55.4 Å². The topological polar surface area (TPSA) is 66.8 Å². The first-order chi connectivity index (χ1) is 12.3. The molecule has 25 heavy (non-hydrogen) atoms. The first-order valence-electron chi connectivity index (χ1n) is 9.18. The largest absolute Gasteiger partial charge is 0.298 e. The van der Waals surface area contributed by atoms with Crippen molar-refractivity contribution in [3.05, 3.63) is 45.1 Å². The average Bonchev–Trinajstić information content (AvgIpc) is 3.32. The van der Waals surface area contributed by atoms with Gasteiger partial charge in [0.2, 0.25) is 0 Å². The van der Waals surface area contributed by atoms with Crippen molar-refractivity contribution in [3.63, 3.8) is 0 Å². The summed E-state index contributed by atoms with van der Waals surface area (Å²) >= 11 is 1.89. The van der Waals surface area contributed by atoms with E-state index in [-0.39, 0.29) is 5.56 Å². The maximum atomic E-state index is 12.3. The third-order valence-corrected chi connectivity index (χ3v) is 6.51. The number of hydrogen-bond acceptors (Lipinski definition) is 5. The van der Waals surface area contributed by atoms with Crippen LogP contribution in [-0.2, 0) is 25.3 Å². The fourth-order valence-corrected chi connectivity index (χ4v) is 4.91. The molecule has 0 radical (unpaired) electrons. The number of nitrogens with one attached hydrogen (secondary N) is 1. The predicted molar refractivity (Wildman–Crippen MR) is 97.7 cm³/mol. The third kappa shape index (κ3) is 3.15. The van der Waals surface area contributed by atoms with Crippen molar-refractivity contribution in [3.8, 4) is 0 Å². The Morgan fingerprint density at radius 1 is 1.32 bits per heavy atom. The molecule has 2 fully saturated rings. The smallest absolute Gasteiger partial charge is 0.267 e. The Morgan fingerprint density at radius 3 is 3.04 bits per heavy atom. The van der Waals surface area contributed by atoms with Crippen LogP contribution in [0.3, 0.4) is 0 Å². The van der Waals surface area contributed by atoms with E-state index < -0.39 is 0 Å². The minimum absolute atomic E-state index is 0.0607. The van der Waals surface area contributed by atoms with Gasteiger partial charge < -0.3 is 0 Å². The molecule has 4 heterocycles. The average molecular weight is 357 g/mol. The second-order valence-corrected chi connectivity index (χ2v) is 8.69. The predicted octanol–water partition coefficient (Wildman–Crippen LogP) is 1.77. The number of nitrogens with zero attached hydrogens (tertiary/aromatic N) is 4. The zero-order valence-corrected chi connectivity index (χ0v) is 15.1. The molecule has 5 rings (SSSR count). The van der Waals surface area contributed by atoms with Crippen molar-refractivity contribution >= 4 is 11.8 Å². The van der Waals surface area contributed by atoms with Crippen LogP contribution < -0.4 is 5.56 Å². The van der Waals surface area contributed by atoms with Crippen LogP contribution in [-0.4, -0.2) is 43.7 Å². The number of H-pyrrole nitrogens is 1. The van der Waals surface area contributed by atoms with E-state index in [4.69, 9.17) is 0 Å². The molecule has 6 nitrogen and oxygen atoms in total. The first kappa shape index (κ1) is 15.6. The van der Waals surface area contributed by atoms with Crippen molar-refractivity contribution in [1.29, 1.82) is 0 Å². The Bertz CT molecular complexity index is 834. The molecular formula is C18H23N5OS. The Balaban J connectivity index is 1.20. The molecule has 7 heteroatoms. The highest BCUT2D eigenvalue weighted by Crippen LogP contribution is 2.40. The molecule has 132 valence electrons. The van der Waals surface area contributed by atoms with Crippen LogP contribution in [0.4, 0.5) is 0 Å². The van der Waals surface area contributed by atoms with Gasteiger partial charge in [-0.1, -0.05) is 0 Å². The fraction of sp³-hybridized carbons (Fsp3) is 0.611. The van der Waals surface area contributed by atoms with Gasteiger partial charge in [-0.25, -0.2) is 4.68 Å². The van der Waals surface area contributed by atoms with Gasteiger partial charge in [-0.3, -0.25) is 14.8 Å². The molecule has 1 N–H and O–H groups in total. The van der Waals surface area contributed by atoms with Gasteiger partial charge >= 0.3 is 0 Å². The van der Waals surface area contributed by atoms with Gasteiger partial charge in [0, 0.05) is 61.0 Å². The number of aromatic nitrogens is 4. The molecule has 0 aromatic carbocycles. The second kappa shape index (κ2) is 6.29. The van der Waals surface area contributed by atoms with E-state index in [2.05, 4.69) is 20.2 Å². The molecule has 0 atom stereocenters. The summed E-state index contributed by atoms with van der Waals surface area (Å²) in [6.07, 6.45) is 5.56. The summed E-state index contributed by atoms with van der Waals surface area (Å²) in [6.45, 7) is 3.80. The Kier molecular flexibility index (Phi) is 3.93. The lowest BCUT2D eigenvalue weighted by Crippen LogP contribution is -2.49. The number of likely N-dealkylation sites (tertiary alicyclic amines) is 1. The molecule has 0 spiro atoms. The molecule has 3 aliphatic rings. The summed E-state index contributed by atoms with van der Waals surface area (Å²) in [4.78, 5) is 14.7. The lowest BCUT2D eigenvalue weighted by Gasteiger charge is -2.39. The summed E-state index contributed by atoms with van der Waals surface area (Å²) in [7, 11) is 0. The molecule has 2 aromatic rings. The van der Waals surface area contributed by atoms with Crippen LogP contribution in [0.2, 0.25) is 0 Å². The second-order valence-electron chi connectivity index (χ2n) is 7.58. The van der Waals surface area contributed by atoms with Crippen molar-refractivity contribution in [2.24, 2.45) is 5.92 Å². The normalized spacial score (nSPS) is 21.1. The number of thioether (sulfide) groups is 1. The molecule has 0 unspecified atom stereocenters. The van der Waals surface area contributed by atoms with Gasteiger partial charge in [0.25, 0.3) is 5.56 Å². The van der Waals surface area contributed by atoms with E-state index in [9.17, 15) is 4.79 Å². The minimum atomic E-state index is 0.0607. The van der Waals surface area contributed by atoms with Crippen molar-refractivity contribution < 1.29 is 0 Å². The van der Waals surface area contributed by atoms with Crippen LogP contribution >= 0.6 is 11.8 Å². The lowest BCUT2D eigenvalue weighted by molar-refractivity contribution is 0.0762. The number of rotatable bonds is 5. The van der Waals surface area contributed by atoms with Crippen LogP contribution in [0.15, 0.2) is 17.1 Å². The summed E-state index contributed by atoms with van der Waals surface area (Å²) in [5.74, 6) is 3.29. The van der Waals surface area contributed by atoms with Gasteiger partial charge in [0.05, 0.1) is 18.4 Å². The van der Waals surface area contributed by atoms with E-state index in [1.165, 1.54) is 24.1 Å². The Hall–Kier alpha value is -1.60. The first-order valence-corrected chi connectivity index (χ1v) is 10.3. The van der Waals surface area contributed by atoms with E-state index in [1.54, 1.807) is 10.7 Å². The van der Waals surface area contributed by atoms with Gasteiger partial charge in [-0.05, 0) is 24.2 Å². The van der Waals surface area contributed by atoms with Gasteiger partial charge in [-0.15, -0.1) is 0 Å². The Morgan fingerprint density at radius 2 is 2.20 bits per heavy atom. The molecule has 1 saturated heterocycles. The highest BCUT2D eigenvalue weighted by atomic mass is 32.2. The quantitative estimate of drug-likeness (QED) is 0.883. The monoisotopic (exact) mass is 357 g/mol. The van der Waals surface area contributed by atoms with Crippen molar-refractivity contribution in [2.45, 2.75) is 44.0 Å². The molecule has 0 amide bonds. The highest BCUT2D eigenvalue weighted by Gasteiger charge is 2.32. The maximum Gasteiger partial charge on any atom is 0.267 e. The van der Waals surface area contributed by atoms with E-state index >= 15 is 0 Å². The fourth-order valence-electron chi connectivity index (χ4n) is 3.96. The summed E-state index contributed by atoms with van der Waals surface area (Å²) < 4.78 is 1.70. The zero-order chi connectivity index (χ0) is 16.8. The van der Waals surface area contributed by atoms with Crippen molar-refractivity contribution in [1.82, 2.24) is 24.9 Å². The maximum absolute atomic E-state index is 12.3. The number of aryl methyl sites for hydroxylation is 1. The van der Waals surface area contributed by atoms with Crippen molar-refractivity contribution in [2.75, 3.05) is 18.8 Å². The minimum Gasteiger partial charge on any atom is -0.298 e. The van der Waals surface area contributed by atoms with Gasteiger partial charge in [0.15, 0.2) is 0 Å². The molecular weight excluding hydrogens is 334 g/mol. The standard InChI is InChI=1S/C18H23N5OS/c24-17-5-14-11-25-4-3-16(14)21-23(17)9-12-7-22(8-12)10-15-6-19-20-18(15)13-1-2-13/h5-6,12-13H,1-4,7-11H2,(H,19,20). The summed E-state index contributed by atoms with van der Waals surface area (Å²) in [5, 5.41) is 12.0. The summed E-state index contributed by atoms with van der Waals surface area (Å²) in [5.41, 5.74) is 5.02. The number of hydrogen-bond donors (Lipinski definition) is 1. The number of fused-ring (bicyclic) bond motifs is 1. The lowest BCUT2D eigenvalue weighted by atomic mass is 9.99. The van der Waals surface area contributed by atoms with Crippen LogP contribution in [0.5, 0.6) is 0 Å². The third-order valence-electron chi connectivity index (χ3n) is 5.50. The molecule has 0 bridgehead atoms. The summed E-state index contributed by atoms with van der Waals surface area (Å²) in [6, 6.07) is 1.80. The van der Waals surface area contributed by atoms with Gasteiger partial charge in [-0.2, -0.15) is 22.0 Å². The Labute approximate surface area is 151 Å². The molecule has 2 aliphatic heterocycles. The number of aromatic amines is 1. The molecule has 1 saturated carbocycles. The molecule has 2 aromatic heterocycles. The van der Waals surface area contributed by atoms with Crippen LogP contribution in [0.25, 0.3) is 0 Å². The van der Waals surface area contributed by atoms with E-state index in [1.807, 2.05) is 18.0 Å². The van der Waals surface area contributed by atoms with E-state index in [0.29, 0.717) is 11.8 Å². The van der Waals surface area contributed by atoms with Crippen LogP contribution in [0, 0.1) is 5.92 Å².